The third-order valence-corrected chi connectivity index (χ3v) is 3.06. The number of hydrogen-bond acceptors (Lipinski definition) is 3. The molecule has 2 amide bonds. The summed E-state index contributed by atoms with van der Waals surface area (Å²) in [5, 5.41) is 14.7. The molecule has 0 aliphatic rings. The number of benzene rings is 2. The monoisotopic (exact) mass is 340 g/mol. The highest BCUT2D eigenvalue weighted by atomic mass is 19.3. The molecule has 0 aliphatic carbocycles. The van der Waals surface area contributed by atoms with Gasteiger partial charge in [-0.1, -0.05) is 18.2 Å². The summed E-state index contributed by atoms with van der Waals surface area (Å²) in [6.07, 6.45) is -1.20. The van der Waals surface area contributed by atoms with Gasteiger partial charge in [-0.15, -0.1) is 0 Å². The molecule has 128 valence electrons. The van der Waals surface area contributed by atoms with Gasteiger partial charge in [-0.3, -0.25) is 0 Å². The number of nitrogens with one attached hydrogen (secondary N) is 2. The molecule has 24 heavy (non-hydrogen) atoms. The molecule has 0 unspecified atom stereocenters. The molecule has 3 N–H and O–H groups in total. The highest BCUT2D eigenvalue weighted by molar-refractivity contribution is 5.89. The van der Waals surface area contributed by atoms with Crippen molar-refractivity contribution in [2.45, 2.75) is 12.7 Å². The van der Waals surface area contributed by atoms with Crippen LogP contribution >= 0.6 is 0 Å². The fraction of sp³-hybridized carbons (Fsp3) is 0.188. The van der Waals surface area contributed by atoms with Gasteiger partial charge in [0.15, 0.2) is 0 Å². The Morgan fingerprint density at radius 3 is 2.42 bits per heavy atom. The van der Waals surface area contributed by atoms with E-state index in [1.54, 1.807) is 6.07 Å². The number of urea groups is 1. The molecule has 0 bridgehead atoms. The van der Waals surface area contributed by atoms with E-state index in [-0.39, 0.29) is 17.9 Å². The van der Waals surface area contributed by atoms with E-state index in [0.717, 1.165) is 0 Å². The molecule has 0 spiro atoms. The van der Waals surface area contributed by atoms with Crippen LogP contribution < -0.4 is 15.4 Å². The van der Waals surface area contributed by atoms with Crippen molar-refractivity contribution in [3.05, 3.63) is 59.9 Å². The maximum absolute atomic E-state index is 13.5. The lowest BCUT2D eigenvalue weighted by Gasteiger charge is -2.13. The van der Waals surface area contributed by atoms with E-state index in [1.165, 1.54) is 42.5 Å². The van der Waals surface area contributed by atoms with Crippen LogP contribution in [0.1, 0.15) is 11.7 Å². The molecule has 5 nitrogen and oxygen atoms in total. The normalized spacial score (nSPS) is 11.9. The second-order valence-electron chi connectivity index (χ2n) is 4.78. The Hall–Kier alpha value is -2.74. The number of anilines is 1. The number of ether oxygens (including phenoxy) is 1. The quantitative estimate of drug-likeness (QED) is 0.756. The number of halogens is 3. The molecule has 2 aromatic carbocycles. The van der Waals surface area contributed by atoms with E-state index in [1.807, 2.05) is 0 Å². The van der Waals surface area contributed by atoms with Crippen LogP contribution in [-0.2, 0) is 0 Å². The van der Waals surface area contributed by atoms with Crippen LogP contribution in [0.3, 0.4) is 0 Å². The van der Waals surface area contributed by atoms with Gasteiger partial charge in [0.05, 0.1) is 6.10 Å². The van der Waals surface area contributed by atoms with E-state index >= 15 is 0 Å². The maximum atomic E-state index is 13.5. The highest BCUT2D eigenvalue weighted by Crippen LogP contribution is 2.18. The zero-order valence-corrected chi connectivity index (χ0v) is 12.4. The lowest BCUT2D eigenvalue weighted by Crippen LogP contribution is -2.32. The highest BCUT2D eigenvalue weighted by Gasteiger charge is 2.13. The number of carbonyl (C=O) groups is 1. The first-order valence-corrected chi connectivity index (χ1v) is 6.98. The van der Waals surface area contributed by atoms with Gasteiger partial charge in [0.1, 0.15) is 11.6 Å². The van der Waals surface area contributed by atoms with Gasteiger partial charge < -0.3 is 20.5 Å². The summed E-state index contributed by atoms with van der Waals surface area (Å²) in [5.41, 5.74) is 0.417. The molecule has 0 radical (unpaired) electrons. The maximum Gasteiger partial charge on any atom is 0.387 e. The number of aliphatic hydroxyl groups is 1. The van der Waals surface area contributed by atoms with E-state index < -0.39 is 24.6 Å². The molecule has 0 heterocycles. The first-order valence-electron chi connectivity index (χ1n) is 6.98. The molecular weight excluding hydrogens is 325 g/mol. The second-order valence-corrected chi connectivity index (χ2v) is 4.78. The Bertz CT molecular complexity index is 681. The van der Waals surface area contributed by atoms with Crippen LogP contribution in [0.15, 0.2) is 48.5 Å². The van der Waals surface area contributed by atoms with Crippen molar-refractivity contribution in [1.29, 1.82) is 0 Å². The van der Waals surface area contributed by atoms with Crippen molar-refractivity contribution < 1.29 is 27.8 Å². The molecule has 8 heteroatoms. The number of hydrogen-bond donors (Lipinski definition) is 3. The summed E-state index contributed by atoms with van der Waals surface area (Å²) < 4.78 is 41.7. The minimum absolute atomic E-state index is 0.0362. The van der Waals surface area contributed by atoms with Crippen molar-refractivity contribution in [3.8, 4) is 5.75 Å². The summed E-state index contributed by atoms with van der Waals surface area (Å²) in [4.78, 5) is 11.7. The topological polar surface area (TPSA) is 70.6 Å². The number of aliphatic hydroxyl groups excluding tert-OH is 1. The summed E-state index contributed by atoms with van der Waals surface area (Å²) in [5.74, 6) is -0.604. The lowest BCUT2D eigenvalue weighted by molar-refractivity contribution is -0.0498. The molecule has 2 aromatic rings. The van der Waals surface area contributed by atoms with Crippen molar-refractivity contribution in [2.24, 2.45) is 0 Å². The summed E-state index contributed by atoms with van der Waals surface area (Å²) >= 11 is 0. The van der Waals surface area contributed by atoms with Crippen LogP contribution in [0.2, 0.25) is 0 Å². The fourth-order valence-electron chi connectivity index (χ4n) is 1.94. The number of rotatable bonds is 6. The first-order chi connectivity index (χ1) is 11.5. The Kier molecular flexibility index (Phi) is 6.02. The van der Waals surface area contributed by atoms with Gasteiger partial charge in [0.25, 0.3) is 0 Å². The Labute approximate surface area is 136 Å². The summed E-state index contributed by atoms with van der Waals surface area (Å²) in [7, 11) is 0. The van der Waals surface area contributed by atoms with Crippen LogP contribution in [0.5, 0.6) is 5.75 Å². The standard InChI is InChI=1S/C16H15F3N2O3/c17-13-4-2-1-3-12(13)14(22)9-20-16(23)21-10-5-7-11(8-6-10)24-15(18)19/h1-8,14-15,22H,9H2,(H2,20,21,23)/t14-/m0/s1. The number of amides is 2. The average molecular weight is 340 g/mol. The fourth-order valence-corrected chi connectivity index (χ4v) is 1.94. The first kappa shape index (κ1) is 17.6. The average Bonchev–Trinajstić information content (AvgIpc) is 2.54. The Morgan fingerprint density at radius 2 is 1.79 bits per heavy atom. The smallest absolute Gasteiger partial charge is 0.387 e. The minimum Gasteiger partial charge on any atom is -0.435 e. The largest absolute Gasteiger partial charge is 0.435 e. The number of alkyl halides is 2. The van der Waals surface area contributed by atoms with E-state index in [0.29, 0.717) is 5.69 Å². The van der Waals surface area contributed by atoms with Gasteiger partial charge in [0.2, 0.25) is 0 Å². The molecule has 1 atom stereocenters. The van der Waals surface area contributed by atoms with Crippen LogP contribution in [0, 0.1) is 5.82 Å². The van der Waals surface area contributed by atoms with Gasteiger partial charge in [-0.05, 0) is 30.3 Å². The second kappa shape index (κ2) is 8.21. The third kappa shape index (κ3) is 5.17. The summed E-state index contributed by atoms with van der Waals surface area (Å²) in [6.45, 7) is -3.12. The van der Waals surface area contributed by atoms with Crippen LogP contribution in [0.25, 0.3) is 0 Å². The Balaban J connectivity index is 1.84. The van der Waals surface area contributed by atoms with Gasteiger partial charge in [-0.2, -0.15) is 8.78 Å². The molecule has 0 saturated carbocycles. The lowest BCUT2D eigenvalue weighted by atomic mass is 10.1. The molecule has 2 rings (SSSR count). The van der Waals surface area contributed by atoms with Crippen molar-refractivity contribution in [2.75, 3.05) is 11.9 Å². The van der Waals surface area contributed by atoms with Crippen molar-refractivity contribution >= 4 is 11.7 Å². The molecule has 0 aromatic heterocycles. The van der Waals surface area contributed by atoms with E-state index in [2.05, 4.69) is 15.4 Å². The zero-order valence-electron chi connectivity index (χ0n) is 12.4. The van der Waals surface area contributed by atoms with Gasteiger partial charge in [-0.25, -0.2) is 9.18 Å². The Morgan fingerprint density at radius 1 is 1.12 bits per heavy atom. The van der Waals surface area contributed by atoms with Gasteiger partial charge >= 0.3 is 12.6 Å². The van der Waals surface area contributed by atoms with E-state index in [9.17, 15) is 23.1 Å². The minimum atomic E-state index is -2.92. The predicted molar refractivity (Wildman–Crippen MR) is 81.5 cm³/mol. The van der Waals surface area contributed by atoms with E-state index in [4.69, 9.17) is 0 Å². The van der Waals surface area contributed by atoms with Crippen molar-refractivity contribution in [3.63, 3.8) is 0 Å². The zero-order chi connectivity index (χ0) is 17.5. The summed E-state index contributed by atoms with van der Waals surface area (Å²) in [6, 6.07) is 10.4. The van der Waals surface area contributed by atoms with Gasteiger partial charge in [0, 0.05) is 17.8 Å². The molecular formula is C16H15F3N2O3. The number of carbonyl (C=O) groups excluding carboxylic acids is 1. The van der Waals surface area contributed by atoms with Crippen molar-refractivity contribution in [1.82, 2.24) is 5.32 Å². The van der Waals surface area contributed by atoms with Crippen LogP contribution in [0.4, 0.5) is 23.7 Å². The molecule has 0 aliphatic heterocycles. The molecule has 0 fully saturated rings. The molecule has 0 saturated heterocycles. The SMILES string of the molecule is O=C(NC[C@H](O)c1ccccc1F)Nc1ccc(OC(F)F)cc1. The predicted octanol–water partition coefficient (Wildman–Crippen LogP) is 3.28. The van der Waals surface area contributed by atoms with Crippen LogP contribution in [-0.4, -0.2) is 24.3 Å². The third-order valence-electron chi connectivity index (χ3n) is 3.06.